The third-order valence-corrected chi connectivity index (χ3v) is 3.94. The molecule has 0 saturated carbocycles. The summed E-state index contributed by atoms with van der Waals surface area (Å²) >= 11 is 0. The summed E-state index contributed by atoms with van der Waals surface area (Å²) in [5.74, 6) is -2.21. The molecule has 1 radical (unpaired) electrons. The molecule has 0 bridgehead atoms. The molecule has 4 nitrogen and oxygen atoms in total. The van der Waals surface area contributed by atoms with Crippen molar-refractivity contribution < 1.29 is 19.1 Å². The molecule has 0 heterocycles. The van der Waals surface area contributed by atoms with Gasteiger partial charge in [0.1, 0.15) is 8.80 Å². The molecule has 0 rings (SSSR count). The Morgan fingerprint density at radius 2 is 2.14 bits per heavy atom. The maximum Gasteiger partial charge on any atom is 0.382 e. The Balaban J connectivity index is 4.31. The van der Waals surface area contributed by atoms with Crippen LogP contribution in [-0.4, -0.2) is 32.6 Å². The van der Waals surface area contributed by atoms with Gasteiger partial charge in [-0.3, -0.25) is 9.59 Å². The topological polar surface area (TPSA) is 60.4 Å². The summed E-state index contributed by atoms with van der Waals surface area (Å²) in [6, 6.07) is 0. The van der Waals surface area contributed by atoms with E-state index in [1.807, 2.05) is 13.5 Å². The zero-order chi connectivity index (χ0) is 11.1. The predicted octanol–water partition coefficient (Wildman–Crippen LogP) is 0.465. The van der Waals surface area contributed by atoms with E-state index >= 15 is 0 Å². The normalized spacial score (nSPS) is 11.9. The Labute approximate surface area is 84.5 Å². The summed E-state index contributed by atoms with van der Waals surface area (Å²) in [7, 11) is -1.00. The Hall–Kier alpha value is -1.23. The van der Waals surface area contributed by atoms with Crippen LogP contribution in [0.5, 0.6) is 0 Å². The van der Waals surface area contributed by atoms with Crippen LogP contribution >= 0.6 is 0 Å². The number of carbonyl (C=O) groups excluding carboxylic acids is 3. The molecule has 0 aromatic heterocycles. The highest BCUT2D eigenvalue weighted by molar-refractivity contribution is 6.64. The number of hydrogen-bond acceptors (Lipinski definition) is 4. The van der Waals surface area contributed by atoms with Crippen LogP contribution in [0.1, 0.15) is 13.3 Å². The van der Waals surface area contributed by atoms with Crippen LogP contribution in [0.25, 0.3) is 0 Å². The fourth-order valence-electron chi connectivity index (χ4n) is 0.865. The van der Waals surface area contributed by atoms with Gasteiger partial charge in [0.2, 0.25) is 0 Å². The van der Waals surface area contributed by atoms with Gasteiger partial charge in [0.05, 0.1) is 5.73 Å². The summed E-state index contributed by atoms with van der Waals surface area (Å²) in [6.45, 7) is 7.37. The van der Waals surface area contributed by atoms with Crippen LogP contribution in [0.3, 0.4) is 0 Å². The van der Waals surface area contributed by atoms with E-state index in [0.717, 1.165) is 0 Å². The summed E-state index contributed by atoms with van der Waals surface area (Å²) in [5, 5.41) is 0. The van der Waals surface area contributed by atoms with Gasteiger partial charge in [-0.15, -0.1) is 6.58 Å². The summed E-state index contributed by atoms with van der Waals surface area (Å²) in [5.41, 5.74) is 1.44. The molecular formula is C9H13O4Si. The highest BCUT2D eigenvalue weighted by Crippen LogP contribution is 2.04. The Bertz CT molecular complexity index is 249. The maximum atomic E-state index is 10.9. The molecule has 0 N–H and O–H groups in total. The molecule has 0 saturated heterocycles. The first-order valence-electron chi connectivity index (χ1n) is 4.22. The summed E-state index contributed by atoms with van der Waals surface area (Å²) < 4.78 is 4.86. The van der Waals surface area contributed by atoms with Crippen LogP contribution in [0.15, 0.2) is 12.3 Å². The minimum atomic E-state index is -1.14. The lowest BCUT2D eigenvalue weighted by molar-refractivity contribution is -0.156. The minimum Gasteiger partial charge on any atom is -0.460 e. The lowest BCUT2D eigenvalue weighted by atomic mass is 10.4. The number of rotatable bonds is 6. The standard InChI is InChI=1S/C9H13O4Si/c1-4-8(14(3)5-2)13-9(12)7(11)6-10/h5-6,8H,2,4H2,1,3H3. The van der Waals surface area contributed by atoms with Gasteiger partial charge in [0, 0.05) is 0 Å². The second-order valence-electron chi connectivity index (χ2n) is 2.73. The molecule has 0 fully saturated rings. The van der Waals surface area contributed by atoms with Crippen LogP contribution in [0.4, 0.5) is 0 Å². The SMILES string of the molecule is C=C[Si](C)C(CC)OC(=O)C(=O)C=O. The van der Waals surface area contributed by atoms with Gasteiger partial charge in [-0.2, -0.15) is 0 Å². The predicted molar refractivity (Wildman–Crippen MR) is 53.1 cm³/mol. The van der Waals surface area contributed by atoms with E-state index in [0.29, 0.717) is 6.42 Å². The number of Topliss-reactive ketones (excluding diaryl/α,β-unsaturated/α-hetero) is 1. The number of hydrogen-bond donors (Lipinski definition) is 0. The first-order chi connectivity index (χ1) is 6.56. The van der Waals surface area contributed by atoms with Gasteiger partial charge in [0.25, 0.3) is 0 Å². The Morgan fingerprint density at radius 1 is 1.57 bits per heavy atom. The third-order valence-electron chi connectivity index (χ3n) is 1.76. The fraction of sp³-hybridized carbons (Fsp3) is 0.444. The zero-order valence-corrected chi connectivity index (χ0v) is 9.28. The van der Waals surface area contributed by atoms with Gasteiger partial charge in [-0.1, -0.05) is 19.2 Å². The van der Waals surface area contributed by atoms with E-state index in [2.05, 4.69) is 6.58 Å². The number of carbonyl (C=O) groups is 3. The highest BCUT2D eigenvalue weighted by atomic mass is 28.3. The zero-order valence-electron chi connectivity index (χ0n) is 8.28. The molecular weight excluding hydrogens is 200 g/mol. The van der Waals surface area contributed by atoms with Crippen molar-refractivity contribution in [2.75, 3.05) is 0 Å². The average Bonchev–Trinajstić information content (AvgIpc) is 2.22. The van der Waals surface area contributed by atoms with Crippen molar-refractivity contribution in [2.24, 2.45) is 0 Å². The van der Waals surface area contributed by atoms with Crippen molar-refractivity contribution in [3.8, 4) is 0 Å². The molecule has 0 aliphatic heterocycles. The lowest BCUT2D eigenvalue weighted by Crippen LogP contribution is -2.33. The number of ketones is 1. The van der Waals surface area contributed by atoms with Crippen LogP contribution in [0.2, 0.25) is 6.55 Å². The van der Waals surface area contributed by atoms with Crippen LogP contribution in [0, 0.1) is 0 Å². The second-order valence-corrected chi connectivity index (χ2v) is 5.27. The maximum absolute atomic E-state index is 10.9. The van der Waals surface area contributed by atoms with Crippen molar-refractivity contribution in [3.63, 3.8) is 0 Å². The number of esters is 1. The molecule has 77 valence electrons. The van der Waals surface area contributed by atoms with Crippen molar-refractivity contribution in [2.45, 2.75) is 25.6 Å². The molecule has 0 aromatic rings. The van der Waals surface area contributed by atoms with Crippen molar-refractivity contribution in [1.29, 1.82) is 0 Å². The minimum absolute atomic E-state index is 0.0367. The van der Waals surface area contributed by atoms with Crippen molar-refractivity contribution >= 4 is 26.8 Å². The smallest absolute Gasteiger partial charge is 0.382 e. The van der Waals surface area contributed by atoms with Gasteiger partial charge < -0.3 is 4.74 Å². The summed E-state index contributed by atoms with van der Waals surface area (Å²) in [4.78, 5) is 31.6. The average molecular weight is 213 g/mol. The molecule has 5 heteroatoms. The van der Waals surface area contributed by atoms with E-state index in [1.165, 1.54) is 0 Å². The number of ether oxygens (including phenoxy) is 1. The molecule has 1 atom stereocenters. The van der Waals surface area contributed by atoms with Gasteiger partial charge >= 0.3 is 11.8 Å². The molecule has 0 aliphatic rings. The van der Waals surface area contributed by atoms with Crippen LogP contribution < -0.4 is 0 Å². The Kier molecular flexibility index (Phi) is 5.70. The van der Waals surface area contributed by atoms with Gasteiger partial charge in [-0.25, -0.2) is 4.79 Å². The summed E-state index contributed by atoms with van der Waals surface area (Å²) in [6.07, 6.45) is 0.583. The highest BCUT2D eigenvalue weighted by Gasteiger charge is 2.22. The van der Waals surface area contributed by atoms with E-state index in [-0.39, 0.29) is 12.0 Å². The fourth-order valence-corrected chi connectivity index (χ4v) is 2.06. The Morgan fingerprint density at radius 3 is 2.50 bits per heavy atom. The van der Waals surface area contributed by atoms with Gasteiger partial charge in [-0.05, 0) is 6.42 Å². The molecule has 0 amide bonds. The first-order valence-corrected chi connectivity index (χ1v) is 6.38. The largest absolute Gasteiger partial charge is 0.460 e. The van der Waals surface area contributed by atoms with E-state index in [4.69, 9.17) is 4.74 Å². The second kappa shape index (κ2) is 6.26. The third kappa shape index (κ3) is 3.65. The molecule has 0 aromatic carbocycles. The molecule has 14 heavy (non-hydrogen) atoms. The number of aldehydes is 1. The monoisotopic (exact) mass is 213 g/mol. The van der Waals surface area contributed by atoms with E-state index in [1.54, 1.807) is 5.70 Å². The molecule has 1 unspecified atom stereocenters. The van der Waals surface area contributed by atoms with Crippen LogP contribution in [-0.2, 0) is 19.1 Å². The molecule has 0 aliphatic carbocycles. The van der Waals surface area contributed by atoms with E-state index in [9.17, 15) is 14.4 Å². The van der Waals surface area contributed by atoms with Gasteiger partial charge in [0.15, 0.2) is 6.29 Å². The van der Waals surface area contributed by atoms with E-state index < -0.39 is 20.5 Å². The molecule has 0 spiro atoms. The lowest BCUT2D eigenvalue weighted by Gasteiger charge is -2.17. The first kappa shape index (κ1) is 12.8. The quantitative estimate of drug-likeness (QED) is 0.211. The van der Waals surface area contributed by atoms with Crippen molar-refractivity contribution in [3.05, 3.63) is 12.3 Å². The van der Waals surface area contributed by atoms with Crippen molar-refractivity contribution in [1.82, 2.24) is 0 Å².